The number of rotatable bonds is 8. The summed E-state index contributed by atoms with van der Waals surface area (Å²) in [6.07, 6.45) is 7.17. The lowest BCUT2D eigenvalue weighted by Crippen LogP contribution is -2.47. The average molecular weight is 435 g/mol. The van der Waals surface area contributed by atoms with Gasteiger partial charge in [0.25, 0.3) is 0 Å². The summed E-state index contributed by atoms with van der Waals surface area (Å²) in [5, 5.41) is 12.3. The molecule has 0 unspecified atom stereocenters. The van der Waals surface area contributed by atoms with Crippen molar-refractivity contribution in [1.82, 2.24) is 10.2 Å². The summed E-state index contributed by atoms with van der Waals surface area (Å²) in [6.45, 7) is 4.62. The summed E-state index contributed by atoms with van der Waals surface area (Å²) >= 11 is 6.03. The van der Waals surface area contributed by atoms with E-state index in [1.54, 1.807) is 12.1 Å². The number of nitrogens with one attached hydrogen (secondary N) is 1. The highest BCUT2D eigenvalue weighted by atomic mass is 35.5. The van der Waals surface area contributed by atoms with Gasteiger partial charge in [0.1, 0.15) is 5.82 Å². The SMILES string of the molecule is N#CCCCC(=O)NC1CCC(CCN2CCN(c3cc(Cl)ccc3F)CC2)CC1. The summed E-state index contributed by atoms with van der Waals surface area (Å²) in [5.74, 6) is 0.602. The Balaban J connectivity index is 1.32. The molecule has 30 heavy (non-hydrogen) atoms. The van der Waals surface area contributed by atoms with Crippen molar-refractivity contribution in [2.24, 2.45) is 5.92 Å². The monoisotopic (exact) mass is 434 g/mol. The van der Waals surface area contributed by atoms with E-state index >= 15 is 0 Å². The molecule has 7 heteroatoms. The summed E-state index contributed by atoms with van der Waals surface area (Å²) < 4.78 is 14.1. The van der Waals surface area contributed by atoms with E-state index in [2.05, 4.69) is 21.2 Å². The molecule has 1 aromatic rings. The molecule has 1 heterocycles. The number of nitriles is 1. The molecule has 1 N–H and O–H groups in total. The zero-order chi connectivity index (χ0) is 21.3. The van der Waals surface area contributed by atoms with E-state index in [4.69, 9.17) is 16.9 Å². The lowest BCUT2D eigenvalue weighted by atomic mass is 9.84. The number of benzene rings is 1. The molecule has 1 aromatic carbocycles. The number of hydrogen-bond acceptors (Lipinski definition) is 4. The molecule has 1 saturated carbocycles. The van der Waals surface area contributed by atoms with E-state index in [1.807, 2.05) is 0 Å². The van der Waals surface area contributed by atoms with Crippen LogP contribution in [-0.4, -0.2) is 49.6 Å². The van der Waals surface area contributed by atoms with Crippen LogP contribution in [0.25, 0.3) is 0 Å². The maximum absolute atomic E-state index is 14.1. The highest BCUT2D eigenvalue weighted by Gasteiger charge is 2.24. The molecule has 164 valence electrons. The van der Waals surface area contributed by atoms with Crippen LogP contribution in [0.15, 0.2) is 18.2 Å². The predicted octanol–water partition coefficient (Wildman–Crippen LogP) is 4.36. The van der Waals surface area contributed by atoms with E-state index in [-0.39, 0.29) is 11.7 Å². The third-order valence-electron chi connectivity index (χ3n) is 6.38. The molecule has 1 aliphatic heterocycles. The second kappa shape index (κ2) is 11.5. The van der Waals surface area contributed by atoms with Crippen LogP contribution in [-0.2, 0) is 4.79 Å². The Morgan fingerprint density at radius 2 is 1.93 bits per heavy atom. The number of amides is 1. The van der Waals surface area contributed by atoms with E-state index in [9.17, 15) is 9.18 Å². The second-order valence-corrected chi connectivity index (χ2v) is 8.95. The van der Waals surface area contributed by atoms with Crippen molar-refractivity contribution >= 4 is 23.2 Å². The minimum absolute atomic E-state index is 0.0858. The van der Waals surface area contributed by atoms with Crippen LogP contribution in [0.4, 0.5) is 10.1 Å². The minimum Gasteiger partial charge on any atom is -0.367 e. The fourth-order valence-electron chi connectivity index (χ4n) is 4.53. The third kappa shape index (κ3) is 6.85. The number of halogens is 2. The van der Waals surface area contributed by atoms with E-state index in [0.29, 0.717) is 36.0 Å². The maximum atomic E-state index is 14.1. The normalized spacial score (nSPS) is 22.5. The molecule has 1 saturated heterocycles. The molecule has 0 atom stereocenters. The topological polar surface area (TPSA) is 59.4 Å². The molecule has 2 aliphatic rings. The molecular formula is C23H32ClFN4O. The summed E-state index contributed by atoms with van der Waals surface area (Å²) in [5.41, 5.74) is 0.607. The molecule has 0 bridgehead atoms. The van der Waals surface area contributed by atoms with Crippen LogP contribution >= 0.6 is 11.6 Å². The van der Waals surface area contributed by atoms with Crippen molar-refractivity contribution in [1.29, 1.82) is 5.26 Å². The van der Waals surface area contributed by atoms with Crippen molar-refractivity contribution in [2.45, 2.75) is 57.4 Å². The molecule has 3 rings (SSSR count). The fraction of sp³-hybridized carbons (Fsp3) is 0.652. The van der Waals surface area contributed by atoms with Crippen LogP contribution in [0.5, 0.6) is 0 Å². The first-order valence-electron chi connectivity index (χ1n) is 11.1. The number of nitrogens with zero attached hydrogens (tertiary/aromatic N) is 3. The molecule has 0 spiro atoms. The smallest absolute Gasteiger partial charge is 0.220 e. The molecule has 5 nitrogen and oxygen atoms in total. The first-order chi connectivity index (χ1) is 14.5. The van der Waals surface area contributed by atoms with Crippen molar-refractivity contribution in [2.75, 3.05) is 37.6 Å². The lowest BCUT2D eigenvalue weighted by Gasteiger charge is -2.37. The number of unbranched alkanes of at least 4 members (excludes halogenated alkanes) is 1. The lowest BCUT2D eigenvalue weighted by molar-refractivity contribution is -0.122. The second-order valence-electron chi connectivity index (χ2n) is 8.51. The van der Waals surface area contributed by atoms with Gasteiger partial charge in [-0.05, 0) is 69.2 Å². The Hall–Kier alpha value is -1.84. The van der Waals surface area contributed by atoms with Gasteiger partial charge >= 0.3 is 0 Å². The number of hydrogen-bond donors (Lipinski definition) is 1. The van der Waals surface area contributed by atoms with Crippen molar-refractivity contribution < 1.29 is 9.18 Å². The maximum Gasteiger partial charge on any atom is 0.220 e. The molecule has 1 amide bonds. The van der Waals surface area contributed by atoms with E-state index < -0.39 is 0 Å². The van der Waals surface area contributed by atoms with Crippen LogP contribution in [0.2, 0.25) is 5.02 Å². The van der Waals surface area contributed by atoms with Crippen LogP contribution in [0, 0.1) is 23.1 Å². The Labute approximate surface area is 184 Å². The van der Waals surface area contributed by atoms with Crippen LogP contribution in [0.1, 0.15) is 51.4 Å². The predicted molar refractivity (Wildman–Crippen MR) is 118 cm³/mol. The minimum atomic E-state index is -0.207. The van der Waals surface area contributed by atoms with Gasteiger partial charge in [-0.25, -0.2) is 4.39 Å². The number of anilines is 1. The zero-order valence-corrected chi connectivity index (χ0v) is 18.3. The fourth-order valence-corrected chi connectivity index (χ4v) is 4.70. The van der Waals surface area contributed by atoms with Crippen molar-refractivity contribution in [3.05, 3.63) is 29.0 Å². The average Bonchev–Trinajstić information content (AvgIpc) is 2.75. The molecule has 0 aromatic heterocycles. The van der Waals surface area contributed by atoms with Crippen molar-refractivity contribution in [3.63, 3.8) is 0 Å². The van der Waals surface area contributed by atoms with Gasteiger partial charge in [0.2, 0.25) is 5.91 Å². The molecule has 0 radical (unpaired) electrons. The standard InChI is InChI=1S/C23H32ClFN4O/c24-19-6-9-21(25)22(17-19)29-15-13-28(14-16-29)12-10-18-4-7-20(8-5-18)27-23(30)3-1-2-11-26/h6,9,17-18,20H,1-5,7-8,10,12-16H2,(H,27,30). The van der Waals surface area contributed by atoms with Crippen LogP contribution in [0.3, 0.4) is 0 Å². The number of piperazine rings is 1. The van der Waals surface area contributed by atoms with E-state index in [0.717, 1.165) is 64.3 Å². The Morgan fingerprint density at radius 1 is 1.20 bits per heavy atom. The highest BCUT2D eigenvalue weighted by molar-refractivity contribution is 6.30. The first-order valence-corrected chi connectivity index (χ1v) is 11.5. The summed E-state index contributed by atoms with van der Waals surface area (Å²) in [7, 11) is 0. The Morgan fingerprint density at radius 3 is 2.63 bits per heavy atom. The number of carbonyl (C=O) groups is 1. The third-order valence-corrected chi connectivity index (χ3v) is 6.61. The first kappa shape index (κ1) is 22.8. The van der Waals surface area contributed by atoms with Gasteiger partial charge in [-0.1, -0.05) is 11.6 Å². The molecular weight excluding hydrogens is 403 g/mol. The van der Waals surface area contributed by atoms with E-state index in [1.165, 1.54) is 12.5 Å². The van der Waals surface area contributed by atoms with Gasteiger partial charge in [0.05, 0.1) is 11.8 Å². The highest BCUT2D eigenvalue weighted by Crippen LogP contribution is 2.28. The van der Waals surface area contributed by atoms with Crippen LogP contribution < -0.4 is 10.2 Å². The summed E-state index contributed by atoms with van der Waals surface area (Å²) in [6, 6.07) is 7.12. The van der Waals surface area contributed by atoms with Crippen molar-refractivity contribution in [3.8, 4) is 6.07 Å². The largest absolute Gasteiger partial charge is 0.367 e. The van der Waals surface area contributed by atoms with Gasteiger partial charge in [0.15, 0.2) is 0 Å². The zero-order valence-electron chi connectivity index (χ0n) is 17.6. The Bertz CT molecular complexity index is 737. The van der Waals surface area contributed by atoms with Gasteiger partial charge in [-0.15, -0.1) is 0 Å². The van der Waals surface area contributed by atoms with Gasteiger partial charge in [-0.3, -0.25) is 9.69 Å². The van der Waals surface area contributed by atoms with Gasteiger partial charge in [0, 0.05) is 50.1 Å². The Kier molecular flexibility index (Phi) is 8.77. The summed E-state index contributed by atoms with van der Waals surface area (Å²) in [4.78, 5) is 16.5. The van der Waals surface area contributed by atoms with Gasteiger partial charge < -0.3 is 10.2 Å². The molecule has 1 aliphatic carbocycles. The number of carbonyl (C=O) groups excluding carboxylic acids is 1. The molecule has 2 fully saturated rings. The quantitative estimate of drug-likeness (QED) is 0.617. The van der Waals surface area contributed by atoms with Gasteiger partial charge in [-0.2, -0.15) is 5.26 Å².